The van der Waals surface area contributed by atoms with Crippen LogP contribution >= 0.6 is 34.8 Å². The molecule has 2 aromatic carbocycles. The SMILES string of the molecule is Cc1cc(Cl)c(OC2CCN(c3ccc(-n4c(C)nc(C)cc4=O)cc3Cl)CC2)c(Cl)c1. The molecule has 0 amide bonds. The Bertz CT molecular complexity index is 1190. The van der Waals surface area contributed by atoms with Crippen molar-refractivity contribution >= 4 is 40.5 Å². The van der Waals surface area contributed by atoms with Crippen LogP contribution in [0.15, 0.2) is 41.2 Å². The van der Waals surface area contributed by atoms with Crippen LogP contribution in [-0.4, -0.2) is 28.7 Å². The van der Waals surface area contributed by atoms with Gasteiger partial charge in [-0.15, -0.1) is 0 Å². The maximum atomic E-state index is 12.4. The molecule has 0 saturated carbocycles. The summed E-state index contributed by atoms with van der Waals surface area (Å²) in [7, 11) is 0. The first-order valence-electron chi connectivity index (χ1n) is 10.5. The Labute approximate surface area is 202 Å². The highest BCUT2D eigenvalue weighted by Gasteiger charge is 2.24. The van der Waals surface area contributed by atoms with E-state index in [4.69, 9.17) is 39.5 Å². The molecule has 0 atom stereocenters. The fraction of sp³-hybridized carbons (Fsp3) is 0.333. The summed E-state index contributed by atoms with van der Waals surface area (Å²) < 4.78 is 7.70. The van der Waals surface area contributed by atoms with Crippen molar-refractivity contribution < 1.29 is 4.74 Å². The van der Waals surface area contributed by atoms with Gasteiger partial charge in [0.05, 0.1) is 26.4 Å². The smallest absolute Gasteiger partial charge is 0.258 e. The quantitative estimate of drug-likeness (QED) is 0.437. The van der Waals surface area contributed by atoms with Gasteiger partial charge in [0.15, 0.2) is 5.75 Å². The molecule has 0 aliphatic carbocycles. The molecule has 32 heavy (non-hydrogen) atoms. The first-order valence-corrected chi connectivity index (χ1v) is 11.6. The van der Waals surface area contributed by atoms with E-state index < -0.39 is 0 Å². The molecule has 0 unspecified atom stereocenters. The number of piperidine rings is 1. The number of anilines is 1. The van der Waals surface area contributed by atoms with Crippen molar-refractivity contribution in [1.82, 2.24) is 9.55 Å². The van der Waals surface area contributed by atoms with Gasteiger partial charge >= 0.3 is 0 Å². The van der Waals surface area contributed by atoms with E-state index in [-0.39, 0.29) is 11.7 Å². The lowest BCUT2D eigenvalue weighted by atomic mass is 10.1. The standard InChI is InChI=1S/C24H24Cl3N3O2/c1-14-10-20(26)24(21(27)11-14)32-18-6-8-29(9-7-18)22-5-4-17(13-19(22)25)30-16(3)28-15(2)12-23(30)31/h4-5,10-13,18H,6-9H2,1-3H3. The van der Waals surface area contributed by atoms with Crippen LogP contribution in [0.1, 0.15) is 29.9 Å². The average molecular weight is 493 g/mol. The van der Waals surface area contributed by atoms with E-state index in [1.54, 1.807) is 4.57 Å². The number of nitrogens with zero attached hydrogens (tertiary/aromatic N) is 3. The normalized spacial score (nSPS) is 14.6. The molecule has 8 heteroatoms. The molecular formula is C24H24Cl3N3O2. The largest absolute Gasteiger partial charge is 0.487 e. The zero-order valence-corrected chi connectivity index (χ0v) is 20.4. The lowest BCUT2D eigenvalue weighted by Gasteiger charge is -2.34. The summed E-state index contributed by atoms with van der Waals surface area (Å²) >= 11 is 19.3. The molecule has 0 bridgehead atoms. The number of hydrogen-bond acceptors (Lipinski definition) is 4. The Morgan fingerprint density at radius 2 is 1.59 bits per heavy atom. The monoisotopic (exact) mass is 491 g/mol. The number of aromatic nitrogens is 2. The van der Waals surface area contributed by atoms with E-state index in [0.29, 0.717) is 38.0 Å². The first-order chi connectivity index (χ1) is 15.2. The third kappa shape index (κ3) is 4.75. The van der Waals surface area contributed by atoms with Crippen LogP contribution in [0.2, 0.25) is 15.1 Å². The fourth-order valence-electron chi connectivity index (χ4n) is 4.13. The Kier molecular flexibility index (Phi) is 6.70. The number of hydrogen-bond donors (Lipinski definition) is 0. The lowest BCUT2D eigenvalue weighted by molar-refractivity contribution is 0.171. The predicted octanol–water partition coefficient (Wildman–Crippen LogP) is 6.17. The summed E-state index contributed by atoms with van der Waals surface area (Å²) in [5.41, 5.74) is 3.22. The molecule has 168 valence electrons. The highest BCUT2D eigenvalue weighted by molar-refractivity contribution is 6.37. The van der Waals surface area contributed by atoms with E-state index >= 15 is 0 Å². The van der Waals surface area contributed by atoms with Crippen LogP contribution in [0.4, 0.5) is 5.69 Å². The van der Waals surface area contributed by atoms with Crippen molar-refractivity contribution in [2.45, 2.75) is 39.7 Å². The number of halogens is 3. The van der Waals surface area contributed by atoms with Crippen LogP contribution < -0.4 is 15.2 Å². The van der Waals surface area contributed by atoms with Crippen LogP contribution in [0, 0.1) is 20.8 Å². The number of benzene rings is 2. The highest BCUT2D eigenvalue weighted by Crippen LogP contribution is 2.37. The fourth-order valence-corrected chi connectivity index (χ4v) is 5.11. The van der Waals surface area contributed by atoms with E-state index in [9.17, 15) is 4.79 Å². The molecule has 1 fully saturated rings. The summed E-state index contributed by atoms with van der Waals surface area (Å²) in [4.78, 5) is 19.1. The molecule has 1 aliphatic rings. The van der Waals surface area contributed by atoms with Gasteiger partial charge in [0.1, 0.15) is 11.9 Å². The van der Waals surface area contributed by atoms with Crippen molar-refractivity contribution in [2.75, 3.05) is 18.0 Å². The van der Waals surface area contributed by atoms with Crippen LogP contribution in [0.5, 0.6) is 5.75 Å². The molecule has 0 radical (unpaired) electrons. The van der Waals surface area contributed by atoms with Gasteiger partial charge in [-0.1, -0.05) is 34.8 Å². The summed E-state index contributed by atoms with van der Waals surface area (Å²) in [6.45, 7) is 7.14. The second-order valence-corrected chi connectivity index (χ2v) is 9.34. The molecule has 3 aromatic rings. The molecule has 1 aromatic heterocycles. The van der Waals surface area contributed by atoms with Gasteiger partial charge < -0.3 is 9.64 Å². The van der Waals surface area contributed by atoms with E-state index in [0.717, 1.165) is 37.2 Å². The number of aryl methyl sites for hydroxylation is 3. The molecule has 4 rings (SSSR count). The second kappa shape index (κ2) is 9.34. The van der Waals surface area contributed by atoms with Crippen LogP contribution in [-0.2, 0) is 0 Å². The average Bonchev–Trinajstić information content (AvgIpc) is 2.71. The molecule has 0 N–H and O–H groups in total. The van der Waals surface area contributed by atoms with E-state index in [2.05, 4.69) is 9.88 Å². The van der Waals surface area contributed by atoms with Crippen molar-refractivity contribution in [3.05, 3.63) is 78.9 Å². The third-order valence-electron chi connectivity index (χ3n) is 5.61. The summed E-state index contributed by atoms with van der Waals surface area (Å²) in [5, 5.41) is 1.66. The van der Waals surface area contributed by atoms with Crippen molar-refractivity contribution in [2.24, 2.45) is 0 Å². The van der Waals surface area contributed by atoms with Crippen LogP contribution in [0.3, 0.4) is 0 Å². The minimum Gasteiger partial charge on any atom is -0.487 e. The second-order valence-electron chi connectivity index (χ2n) is 8.12. The summed E-state index contributed by atoms with van der Waals surface area (Å²) in [5.74, 6) is 1.18. The van der Waals surface area contributed by atoms with Crippen molar-refractivity contribution in [3.63, 3.8) is 0 Å². The number of ether oxygens (including phenoxy) is 1. The van der Waals surface area contributed by atoms with Gasteiger partial charge in [-0.3, -0.25) is 9.36 Å². The van der Waals surface area contributed by atoms with Gasteiger partial charge in [-0.2, -0.15) is 0 Å². The van der Waals surface area contributed by atoms with Gasteiger partial charge in [-0.25, -0.2) is 4.98 Å². The lowest BCUT2D eigenvalue weighted by Crippen LogP contribution is -2.38. The van der Waals surface area contributed by atoms with Gasteiger partial charge in [0, 0.05) is 37.7 Å². The Balaban J connectivity index is 1.47. The van der Waals surface area contributed by atoms with Crippen molar-refractivity contribution in [3.8, 4) is 11.4 Å². The van der Waals surface area contributed by atoms with E-state index in [1.807, 2.05) is 51.1 Å². The topological polar surface area (TPSA) is 47.4 Å². The van der Waals surface area contributed by atoms with Crippen molar-refractivity contribution in [1.29, 1.82) is 0 Å². The predicted molar refractivity (Wildman–Crippen MR) is 131 cm³/mol. The summed E-state index contributed by atoms with van der Waals surface area (Å²) in [6.07, 6.45) is 1.67. The molecule has 1 aliphatic heterocycles. The molecule has 1 saturated heterocycles. The Hall–Kier alpha value is -2.21. The third-order valence-corrected chi connectivity index (χ3v) is 6.48. The van der Waals surface area contributed by atoms with Gasteiger partial charge in [0.25, 0.3) is 5.56 Å². The van der Waals surface area contributed by atoms with Gasteiger partial charge in [0.2, 0.25) is 0 Å². The zero-order valence-electron chi connectivity index (χ0n) is 18.2. The minimum atomic E-state index is -0.120. The molecule has 2 heterocycles. The molecule has 0 spiro atoms. The molecular weight excluding hydrogens is 469 g/mol. The molecule has 5 nitrogen and oxygen atoms in total. The minimum absolute atomic E-state index is 0.0295. The van der Waals surface area contributed by atoms with E-state index in [1.165, 1.54) is 6.07 Å². The van der Waals surface area contributed by atoms with Crippen LogP contribution in [0.25, 0.3) is 5.69 Å². The Morgan fingerprint density at radius 3 is 2.19 bits per heavy atom. The maximum absolute atomic E-state index is 12.4. The highest BCUT2D eigenvalue weighted by atomic mass is 35.5. The zero-order chi connectivity index (χ0) is 23.0. The maximum Gasteiger partial charge on any atom is 0.258 e. The summed E-state index contributed by atoms with van der Waals surface area (Å²) in [6, 6.07) is 10.9. The number of rotatable bonds is 4. The first kappa shape index (κ1) is 23.0. The van der Waals surface area contributed by atoms with Gasteiger partial charge in [-0.05, 0) is 56.7 Å². The Morgan fingerprint density at radius 1 is 0.938 bits per heavy atom.